The largest absolute Gasteiger partial charge is 0.366 e. The number of hydrogen-bond donors (Lipinski definition) is 2. The number of rotatable bonds is 8. The van der Waals surface area contributed by atoms with Crippen LogP contribution in [-0.2, 0) is 16.6 Å². The maximum atomic E-state index is 12.3. The molecule has 0 aliphatic carbocycles. The second-order valence-corrected chi connectivity index (χ2v) is 11.4. The lowest BCUT2D eigenvalue weighted by Crippen LogP contribution is -2.38. The summed E-state index contributed by atoms with van der Waals surface area (Å²) in [6.45, 7) is 6.67. The second-order valence-electron chi connectivity index (χ2n) is 9.16. The van der Waals surface area contributed by atoms with Crippen molar-refractivity contribution >= 4 is 26.8 Å². The third-order valence-corrected chi connectivity index (χ3v) is 8.87. The first-order valence-corrected chi connectivity index (χ1v) is 13.5. The van der Waals surface area contributed by atoms with Gasteiger partial charge in [-0.3, -0.25) is 4.79 Å². The molecule has 3 aromatic rings. The lowest BCUT2D eigenvalue weighted by molar-refractivity contribution is 0.100. The Morgan fingerprint density at radius 1 is 1.15 bits per heavy atom. The topological polar surface area (TPSA) is 99.5 Å². The Balaban J connectivity index is 1.71. The standard InChI is InChI=1S/C26H34N4O3S/c1-4-29(3)17-18-7-6-8-20(13-18)21-14-22-24(16-28-25(22)23(15-21)26(27)31)19-9-11-30(12-10-19)34(32,33)5-2/h6-8,13-16,19,28H,4-5,9-12,17H2,1-3H3,(H2,27,31). The Morgan fingerprint density at radius 2 is 1.88 bits per heavy atom. The smallest absolute Gasteiger partial charge is 0.250 e. The number of primary amides is 1. The van der Waals surface area contributed by atoms with Gasteiger partial charge in [-0.05, 0) is 79.7 Å². The van der Waals surface area contributed by atoms with Crippen molar-refractivity contribution in [3.8, 4) is 11.1 Å². The van der Waals surface area contributed by atoms with E-state index in [4.69, 9.17) is 5.73 Å². The summed E-state index contributed by atoms with van der Waals surface area (Å²) in [6.07, 6.45) is 3.46. The minimum absolute atomic E-state index is 0.128. The molecule has 4 rings (SSSR count). The average molecular weight is 483 g/mol. The van der Waals surface area contributed by atoms with E-state index in [2.05, 4.69) is 48.1 Å². The van der Waals surface area contributed by atoms with Gasteiger partial charge in [0.1, 0.15) is 0 Å². The molecule has 1 aliphatic heterocycles. The Kier molecular flexibility index (Phi) is 7.12. The first kappa shape index (κ1) is 24.4. The summed E-state index contributed by atoms with van der Waals surface area (Å²) in [4.78, 5) is 17.9. The summed E-state index contributed by atoms with van der Waals surface area (Å²) >= 11 is 0. The van der Waals surface area contributed by atoms with Crippen LogP contribution < -0.4 is 5.73 Å². The van der Waals surface area contributed by atoms with Crippen LogP contribution in [0.4, 0.5) is 0 Å². The van der Waals surface area contributed by atoms with Gasteiger partial charge in [0, 0.05) is 31.2 Å². The average Bonchev–Trinajstić information content (AvgIpc) is 3.27. The zero-order valence-electron chi connectivity index (χ0n) is 20.2. The first-order chi connectivity index (χ1) is 16.2. The van der Waals surface area contributed by atoms with Crippen LogP contribution in [0.2, 0.25) is 0 Å². The predicted octanol–water partition coefficient (Wildman–Crippen LogP) is 3.91. The third-order valence-electron chi connectivity index (χ3n) is 6.99. The minimum Gasteiger partial charge on any atom is -0.366 e. The van der Waals surface area contributed by atoms with E-state index in [0.29, 0.717) is 18.7 Å². The van der Waals surface area contributed by atoms with E-state index in [-0.39, 0.29) is 11.7 Å². The fourth-order valence-electron chi connectivity index (χ4n) is 4.85. The summed E-state index contributed by atoms with van der Waals surface area (Å²) in [5.41, 5.74) is 11.3. The Labute approximate surface area is 202 Å². The van der Waals surface area contributed by atoms with E-state index in [9.17, 15) is 13.2 Å². The molecule has 1 amide bonds. The molecule has 0 spiro atoms. The fraction of sp³-hybridized carbons (Fsp3) is 0.423. The molecular formula is C26H34N4O3S. The van der Waals surface area contributed by atoms with Crippen LogP contribution in [0, 0.1) is 0 Å². The summed E-state index contributed by atoms with van der Waals surface area (Å²) in [5.74, 6) is -0.119. The number of nitrogens with zero attached hydrogens (tertiary/aromatic N) is 2. The van der Waals surface area contributed by atoms with E-state index in [0.717, 1.165) is 53.5 Å². The predicted molar refractivity (Wildman–Crippen MR) is 137 cm³/mol. The van der Waals surface area contributed by atoms with Gasteiger partial charge in [0.05, 0.1) is 16.8 Å². The van der Waals surface area contributed by atoms with E-state index in [1.54, 1.807) is 11.2 Å². The lowest BCUT2D eigenvalue weighted by atomic mass is 9.88. The molecule has 2 aromatic carbocycles. The molecule has 0 bridgehead atoms. The highest BCUT2D eigenvalue weighted by Crippen LogP contribution is 2.37. The molecule has 0 unspecified atom stereocenters. The molecule has 1 fully saturated rings. The van der Waals surface area contributed by atoms with Crippen molar-refractivity contribution in [2.24, 2.45) is 5.73 Å². The van der Waals surface area contributed by atoms with Crippen molar-refractivity contribution < 1.29 is 13.2 Å². The van der Waals surface area contributed by atoms with Crippen LogP contribution >= 0.6 is 0 Å². The number of nitrogens with one attached hydrogen (secondary N) is 1. The number of benzene rings is 2. The number of hydrogen-bond acceptors (Lipinski definition) is 4. The van der Waals surface area contributed by atoms with E-state index in [1.165, 1.54) is 5.56 Å². The minimum atomic E-state index is -3.17. The van der Waals surface area contributed by atoms with E-state index in [1.807, 2.05) is 18.3 Å². The number of carbonyl (C=O) groups excluding carboxylic acids is 1. The molecule has 1 saturated heterocycles. The SMILES string of the molecule is CCN(C)Cc1cccc(-c2cc(C(N)=O)c3[nH]cc(C4CCN(S(=O)(=O)CC)CC4)c3c2)c1. The number of aromatic amines is 1. The van der Waals surface area contributed by atoms with Crippen LogP contribution in [0.15, 0.2) is 42.6 Å². The molecule has 7 nitrogen and oxygen atoms in total. The fourth-order valence-corrected chi connectivity index (χ4v) is 5.98. The molecule has 8 heteroatoms. The van der Waals surface area contributed by atoms with Gasteiger partial charge in [-0.25, -0.2) is 12.7 Å². The molecule has 0 atom stereocenters. The zero-order valence-corrected chi connectivity index (χ0v) is 21.0. The molecule has 1 aromatic heterocycles. The molecule has 0 saturated carbocycles. The van der Waals surface area contributed by atoms with Crippen molar-refractivity contribution in [2.75, 3.05) is 32.4 Å². The Morgan fingerprint density at radius 3 is 2.53 bits per heavy atom. The maximum Gasteiger partial charge on any atom is 0.250 e. The van der Waals surface area contributed by atoms with E-state index >= 15 is 0 Å². The maximum absolute atomic E-state index is 12.3. The summed E-state index contributed by atoms with van der Waals surface area (Å²) in [5, 5.41) is 0.985. The van der Waals surface area contributed by atoms with E-state index < -0.39 is 15.9 Å². The normalized spacial score (nSPS) is 15.9. The van der Waals surface area contributed by atoms with Crippen LogP contribution in [-0.4, -0.2) is 60.9 Å². The highest BCUT2D eigenvalue weighted by molar-refractivity contribution is 7.89. The van der Waals surface area contributed by atoms with Gasteiger partial charge in [-0.15, -0.1) is 0 Å². The lowest BCUT2D eigenvalue weighted by Gasteiger charge is -2.31. The molecule has 182 valence electrons. The highest BCUT2D eigenvalue weighted by Gasteiger charge is 2.29. The zero-order chi connectivity index (χ0) is 24.5. The summed E-state index contributed by atoms with van der Waals surface area (Å²) < 4.78 is 26.1. The number of H-pyrrole nitrogens is 1. The number of nitrogens with two attached hydrogens (primary N) is 1. The van der Waals surface area contributed by atoms with Crippen LogP contribution in [0.1, 0.15) is 54.1 Å². The molecule has 1 aliphatic rings. The van der Waals surface area contributed by atoms with Gasteiger partial charge in [0.2, 0.25) is 10.0 Å². The van der Waals surface area contributed by atoms with Gasteiger partial charge in [0.25, 0.3) is 5.91 Å². The number of carbonyl (C=O) groups is 1. The Hall–Kier alpha value is -2.68. The van der Waals surface area contributed by atoms with Gasteiger partial charge >= 0.3 is 0 Å². The number of sulfonamides is 1. The second kappa shape index (κ2) is 9.90. The van der Waals surface area contributed by atoms with Crippen molar-refractivity contribution in [3.63, 3.8) is 0 Å². The monoisotopic (exact) mass is 482 g/mol. The van der Waals surface area contributed by atoms with Crippen LogP contribution in [0.25, 0.3) is 22.0 Å². The molecule has 0 radical (unpaired) electrons. The number of fused-ring (bicyclic) bond motifs is 1. The Bertz CT molecular complexity index is 1290. The number of amides is 1. The van der Waals surface area contributed by atoms with Gasteiger partial charge in [0.15, 0.2) is 0 Å². The first-order valence-electron chi connectivity index (χ1n) is 11.9. The summed E-state index contributed by atoms with van der Waals surface area (Å²) in [7, 11) is -1.08. The third kappa shape index (κ3) is 4.89. The molecular weight excluding hydrogens is 448 g/mol. The number of aromatic nitrogens is 1. The summed E-state index contributed by atoms with van der Waals surface area (Å²) in [6, 6.07) is 12.4. The molecule has 2 heterocycles. The van der Waals surface area contributed by atoms with Gasteiger partial charge in [-0.1, -0.05) is 25.1 Å². The van der Waals surface area contributed by atoms with Crippen molar-refractivity contribution in [2.45, 2.75) is 39.2 Å². The van der Waals surface area contributed by atoms with Gasteiger partial charge in [-0.2, -0.15) is 0 Å². The highest BCUT2D eigenvalue weighted by atomic mass is 32.2. The molecule has 34 heavy (non-hydrogen) atoms. The quantitative estimate of drug-likeness (QED) is 0.508. The van der Waals surface area contributed by atoms with Crippen molar-refractivity contribution in [1.29, 1.82) is 0 Å². The van der Waals surface area contributed by atoms with Crippen LogP contribution in [0.3, 0.4) is 0 Å². The van der Waals surface area contributed by atoms with Gasteiger partial charge < -0.3 is 15.6 Å². The van der Waals surface area contributed by atoms with Crippen LogP contribution in [0.5, 0.6) is 0 Å². The van der Waals surface area contributed by atoms with Crippen molar-refractivity contribution in [1.82, 2.24) is 14.2 Å². The van der Waals surface area contributed by atoms with Crippen molar-refractivity contribution in [3.05, 3.63) is 59.3 Å². The number of piperidine rings is 1. The molecule has 3 N–H and O–H groups in total.